The van der Waals surface area contributed by atoms with Gasteiger partial charge in [-0.15, -0.1) is 0 Å². The topological polar surface area (TPSA) is 44.2 Å². The number of aliphatic imine (C=N–C) groups is 1. The van der Waals surface area contributed by atoms with Crippen molar-refractivity contribution in [3.05, 3.63) is 36.0 Å². The monoisotopic (exact) mass is 475 g/mol. The first kappa shape index (κ1) is 23.1. The molecule has 6 nitrogen and oxygen atoms in total. The Morgan fingerprint density at radius 1 is 1.06 bits per heavy atom. The minimum absolute atomic E-state index is 0.115. The van der Waals surface area contributed by atoms with E-state index in [-0.39, 0.29) is 6.04 Å². The Morgan fingerprint density at radius 2 is 1.80 bits per heavy atom. The van der Waals surface area contributed by atoms with Crippen molar-refractivity contribution in [2.45, 2.75) is 64.0 Å². The number of methoxy groups -OCH3 is 1. The molecule has 0 amide bonds. The van der Waals surface area contributed by atoms with Crippen molar-refractivity contribution in [1.29, 1.82) is 0 Å². The highest BCUT2D eigenvalue weighted by Gasteiger charge is 2.43. The number of fused-ring (bicyclic) bond motifs is 4. The SMILES string of the molecule is CC[C@H]1CN2CC[C@H]1CC2[C@@H](N=C(N1CCCC1)N1CCCC1)c1ccnc2ccc(OC)cc12. The van der Waals surface area contributed by atoms with E-state index < -0.39 is 0 Å². The average Bonchev–Trinajstić information content (AvgIpc) is 3.64. The van der Waals surface area contributed by atoms with Crippen molar-refractivity contribution in [1.82, 2.24) is 19.7 Å². The molecule has 1 aromatic carbocycles. The number of nitrogens with zero attached hydrogens (tertiary/aromatic N) is 5. The third kappa shape index (κ3) is 4.39. The number of benzene rings is 1. The van der Waals surface area contributed by atoms with E-state index in [0.717, 1.165) is 49.3 Å². The molecule has 35 heavy (non-hydrogen) atoms. The zero-order chi connectivity index (χ0) is 23.8. The molecule has 2 bridgehead atoms. The van der Waals surface area contributed by atoms with Gasteiger partial charge in [-0.1, -0.05) is 13.3 Å². The van der Waals surface area contributed by atoms with E-state index in [2.05, 4.69) is 39.8 Å². The lowest BCUT2D eigenvalue weighted by Crippen LogP contribution is -2.55. The molecule has 7 rings (SSSR count). The Morgan fingerprint density at radius 3 is 2.43 bits per heavy atom. The molecular weight excluding hydrogens is 434 g/mol. The van der Waals surface area contributed by atoms with Crippen molar-refractivity contribution in [2.24, 2.45) is 16.8 Å². The van der Waals surface area contributed by atoms with Gasteiger partial charge in [0.1, 0.15) is 5.75 Å². The molecule has 2 aromatic rings. The van der Waals surface area contributed by atoms with Gasteiger partial charge in [-0.25, -0.2) is 4.99 Å². The highest BCUT2D eigenvalue weighted by atomic mass is 16.5. The Labute approximate surface area is 210 Å². The zero-order valence-corrected chi connectivity index (χ0v) is 21.5. The van der Waals surface area contributed by atoms with Crippen molar-refractivity contribution >= 4 is 16.9 Å². The van der Waals surface area contributed by atoms with Crippen molar-refractivity contribution in [2.75, 3.05) is 46.4 Å². The van der Waals surface area contributed by atoms with Gasteiger partial charge in [0.05, 0.1) is 18.7 Å². The second kappa shape index (κ2) is 9.96. The number of rotatable bonds is 5. The van der Waals surface area contributed by atoms with E-state index in [4.69, 9.17) is 14.7 Å². The maximum Gasteiger partial charge on any atom is 0.197 e. The molecule has 188 valence electrons. The fourth-order valence-corrected chi connectivity index (χ4v) is 7.19. The first-order valence-electron chi connectivity index (χ1n) is 14.0. The van der Waals surface area contributed by atoms with E-state index in [1.54, 1.807) is 7.11 Å². The molecule has 0 radical (unpaired) electrons. The summed E-state index contributed by atoms with van der Waals surface area (Å²) in [5, 5.41) is 1.19. The number of ether oxygens (including phenoxy) is 1. The maximum absolute atomic E-state index is 5.77. The number of pyridine rings is 1. The lowest BCUT2D eigenvalue weighted by Gasteiger charge is -2.51. The molecule has 5 aliphatic rings. The number of likely N-dealkylation sites (tertiary alicyclic amines) is 2. The van der Waals surface area contributed by atoms with Gasteiger partial charge < -0.3 is 14.5 Å². The van der Waals surface area contributed by atoms with E-state index in [0.29, 0.717) is 6.04 Å². The van der Waals surface area contributed by atoms with Gasteiger partial charge in [0.2, 0.25) is 0 Å². The van der Waals surface area contributed by atoms with Crippen molar-refractivity contribution in [3.8, 4) is 5.75 Å². The van der Waals surface area contributed by atoms with E-state index in [9.17, 15) is 0 Å². The smallest absolute Gasteiger partial charge is 0.197 e. The zero-order valence-electron chi connectivity index (χ0n) is 21.5. The van der Waals surface area contributed by atoms with Crippen LogP contribution in [0.2, 0.25) is 0 Å². The maximum atomic E-state index is 5.77. The molecule has 6 heterocycles. The largest absolute Gasteiger partial charge is 0.497 e. The summed E-state index contributed by atoms with van der Waals surface area (Å²) in [7, 11) is 1.75. The first-order valence-corrected chi connectivity index (χ1v) is 14.0. The summed E-state index contributed by atoms with van der Waals surface area (Å²) in [6.45, 7) is 9.38. The summed E-state index contributed by atoms with van der Waals surface area (Å²) in [5.41, 5.74) is 2.35. The predicted octanol–water partition coefficient (Wildman–Crippen LogP) is 4.95. The molecule has 1 aromatic heterocycles. The Kier molecular flexibility index (Phi) is 6.57. The molecule has 0 N–H and O–H groups in total. The number of hydrogen-bond acceptors (Lipinski definition) is 4. The Hall–Kier alpha value is -2.34. The normalized spacial score (nSPS) is 29.1. The van der Waals surface area contributed by atoms with Crippen LogP contribution in [0.3, 0.4) is 0 Å². The fraction of sp³-hybridized carbons (Fsp3) is 0.655. The lowest BCUT2D eigenvalue weighted by molar-refractivity contribution is -0.0105. The molecule has 2 unspecified atom stereocenters. The molecule has 5 fully saturated rings. The molecule has 0 saturated carbocycles. The van der Waals surface area contributed by atoms with Crippen LogP contribution in [-0.2, 0) is 0 Å². The van der Waals surface area contributed by atoms with Gasteiger partial charge in [0, 0.05) is 50.3 Å². The van der Waals surface area contributed by atoms with Gasteiger partial charge in [0.25, 0.3) is 0 Å². The van der Waals surface area contributed by atoms with Crippen LogP contribution in [0.5, 0.6) is 5.75 Å². The highest BCUT2D eigenvalue weighted by molar-refractivity contribution is 5.85. The van der Waals surface area contributed by atoms with Crippen LogP contribution in [0.25, 0.3) is 10.9 Å². The van der Waals surface area contributed by atoms with Crippen LogP contribution in [0.1, 0.15) is 63.5 Å². The molecular formula is C29H41N5O. The minimum atomic E-state index is 0.115. The molecule has 5 aliphatic heterocycles. The summed E-state index contributed by atoms with van der Waals surface area (Å²) < 4.78 is 5.63. The molecule has 5 atom stereocenters. The summed E-state index contributed by atoms with van der Waals surface area (Å²) in [4.78, 5) is 18.4. The van der Waals surface area contributed by atoms with E-state index in [1.807, 2.05) is 12.3 Å². The Bertz CT molecular complexity index is 1040. The van der Waals surface area contributed by atoms with E-state index >= 15 is 0 Å². The second-order valence-corrected chi connectivity index (χ2v) is 11.1. The summed E-state index contributed by atoms with van der Waals surface area (Å²) >= 11 is 0. The van der Waals surface area contributed by atoms with Crippen LogP contribution in [-0.4, -0.2) is 78.1 Å². The average molecular weight is 476 g/mol. The number of piperidine rings is 3. The fourth-order valence-electron chi connectivity index (χ4n) is 7.19. The van der Waals surface area contributed by atoms with E-state index in [1.165, 1.54) is 74.9 Å². The standard InChI is InChI=1S/C29H41N5O/c1-3-21-20-34-17-11-22(21)18-27(34)28(24-10-12-30-26-9-8-23(35-2)19-25(24)26)31-29(32-13-4-5-14-32)33-15-6-7-16-33/h8-10,12,19,21-22,27-28H,3-7,11,13-18,20H2,1-2H3/t21-,22-,27?,28-/m0/s1. The quantitative estimate of drug-likeness (QED) is 0.452. The summed E-state index contributed by atoms with van der Waals surface area (Å²) in [5.74, 6) is 3.82. The number of guanidine groups is 1. The van der Waals surface area contributed by atoms with Gasteiger partial charge in [-0.05, 0) is 86.7 Å². The van der Waals surface area contributed by atoms with Gasteiger partial charge in [-0.3, -0.25) is 9.88 Å². The number of aromatic nitrogens is 1. The predicted molar refractivity (Wildman–Crippen MR) is 142 cm³/mol. The van der Waals surface area contributed by atoms with Gasteiger partial charge in [-0.2, -0.15) is 0 Å². The summed E-state index contributed by atoms with van der Waals surface area (Å²) in [6.07, 6.45) is 11.0. The van der Waals surface area contributed by atoms with Gasteiger partial charge in [0.15, 0.2) is 5.96 Å². The van der Waals surface area contributed by atoms with Crippen LogP contribution in [0.15, 0.2) is 35.5 Å². The van der Waals surface area contributed by atoms with Gasteiger partial charge >= 0.3 is 0 Å². The van der Waals surface area contributed by atoms with Crippen LogP contribution in [0.4, 0.5) is 0 Å². The van der Waals surface area contributed by atoms with Crippen LogP contribution in [0, 0.1) is 11.8 Å². The van der Waals surface area contributed by atoms with Crippen molar-refractivity contribution < 1.29 is 4.74 Å². The number of hydrogen-bond donors (Lipinski definition) is 0. The molecule has 0 aliphatic carbocycles. The third-order valence-electron chi connectivity index (χ3n) is 9.16. The minimum Gasteiger partial charge on any atom is -0.497 e. The molecule has 0 spiro atoms. The summed E-state index contributed by atoms with van der Waals surface area (Å²) in [6, 6.07) is 9.10. The Balaban J connectivity index is 1.47. The van der Waals surface area contributed by atoms with Crippen molar-refractivity contribution in [3.63, 3.8) is 0 Å². The highest BCUT2D eigenvalue weighted by Crippen LogP contribution is 2.44. The molecule has 6 heteroatoms. The molecule has 5 saturated heterocycles. The van der Waals surface area contributed by atoms with Crippen LogP contribution < -0.4 is 4.74 Å². The lowest BCUT2D eigenvalue weighted by atomic mass is 9.72. The first-order chi connectivity index (χ1) is 17.2. The second-order valence-electron chi connectivity index (χ2n) is 11.1. The van der Waals surface area contributed by atoms with Crippen LogP contribution >= 0.6 is 0 Å². The third-order valence-corrected chi connectivity index (χ3v) is 9.16.